The standard InChI is InChI=1S/C12H14ClN7O2S2/c13-9-2-1-8(20(21)22)10(18-9)16-3-4-23-5-7-6-24-12(17-7)19-11(14)15/h1-2,6H,3-5H2,(H,16,18)(H4,14,15,17,19). The number of nitrogens with two attached hydrogens (primary N) is 2. The monoisotopic (exact) mass is 387 g/mol. The van der Waals surface area contributed by atoms with Crippen molar-refractivity contribution in [3.8, 4) is 0 Å². The van der Waals surface area contributed by atoms with Crippen molar-refractivity contribution < 1.29 is 4.92 Å². The van der Waals surface area contributed by atoms with Gasteiger partial charge in [0.1, 0.15) is 5.15 Å². The summed E-state index contributed by atoms with van der Waals surface area (Å²) in [5.74, 6) is 1.53. The molecule has 0 aliphatic rings. The van der Waals surface area contributed by atoms with E-state index in [-0.39, 0.29) is 22.6 Å². The van der Waals surface area contributed by atoms with Crippen molar-refractivity contribution in [1.29, 1.82) is 0 Å². The molecule has 0 atom stereocenters. The SMILES string of the molecule is NC(N)=Nc1nc(CSCCNc2nc(Cl)ccc2[N+](=O)[O-])cs1. The largest absolute Gasteiger partial charge is 0.370 e. The Bertz CT molecular complexity index is 749. The first kappa shape index (κ1) is 18.2. The van der Waals surface area contributed by atoms with Gasteiger partial charge < -0.3 is 16.8 Å². The Kier molecular flexibility index (Phi) is 6.58. The Morgan fingerprint density at radius 2 is 2.25 bits per heavy atom. The first-order chi connectivity index (χ1) is 11.5. The van der Waals surface area contributed by atoms with Crippen LogP contribution in [0.1, 0.15) is 5.69 Å². The van der Waals surface area contributed by atoms with Crippen LogP contribution in [0.5, 0.6) is 0 Å². The molecule has 0 unspecified atom stereocenters. The molecule has 128 valence electrons. The third kappa shape index (κ3) is 5.51. The number of nitro groups is 1. The summed E-state index contributed by atoms with van der Waals surface area (Å²) in [7, 11) is 0. The zero-order valence-corrected chi connectivity index (χ0v) is 14.7. The van der Waals surface area contributed by atoms with Crippen molar-refractivity contribution in [3.63, 3.8) is 0 Å². The van der Waals surface area contributed by atoms with Crippen molar-refractivity contribution in [2.24, 2.45) is 16.5 Å². The number of hydrogen-bond donors (Lipinski definition) is 3. The minimum atomic E-state index is -0.501. The summed E-state index contributed by atoms with van der Waals surface area (Å²) in [6.07, 6.45) is 0. The molecule has 2 heterocycles. The Morgan fingerprint density at radius 3 is 2.96 bits per heavy atom. The summed E-state index contributed by atoms with van der Waals surface area (Å²) >= 11 is 8.74. The minimum Gasteiger partial charge on any atom is -0.370 e. The van der Waals surface area contributed by atoms with Crippen molar-refractivity contribution in [2.45, 2.75) is 5.75 Å². The highest BCUT2D eigenvalue weighted by molar-refractivity contribution is 7.98. The first-order valence-electron chi connectivity index (χ1n) is 6.62. The zero-order chi connectivity index (χ0) is 17.5. The van der Waals surface area contributed by atoms with E-state index in [1.165, 1.54) is 23.5 Å². The molecule has 0 fully saturated rings. The molecule has 2 rings (SSSR count). The maximum absolute atomic E-state index is 10.9. The van der Waals surface area contributed by atoms with Crippen LogP contribution in [0.4, 0.5) is 16.6 Å². The molecular weight excluding hydrogens is 374 g/mol. The highest BCUT2D eigenvalue weighted by Gasteiger charge is 2.15. The molecule has 0 aliphatic heterocycles. The lowest BCUT2D eigenvalue weighted by Crippen LogP contribution is -2.21. The van der Waals surface area contributed by atoms with Crippen LogP contribution >= 0.6 is 34.7 Å². The quantitative estimate of drug-likeness (QED) is 0.156. The summed E-state index contributed by atoms with van der Waals surface area (Å²) in [6.45, 7) is 0.504. The van der Waals surface area contributed by atoms with E-state index in [0.29, 0.717) is 23.2 Å². The lowest BCUT2D eigenvalue weighted by atomic mass is 10.4. The van der Waals surface area contributed by atoms with Gasteiger partial charge in [0.25, 0.3) is 0 Å². The number of guanidine groups is 1. The number of hydrogen-bond acceptors (Lipinski definition) is 8. The Morgan fingerprint density at radius 1 is 1.46 bits per heavy atom. The number of pyridine rings is 1. The van der Waals surface area contributed by atoms with Gasteiger partial charge in [-0.3, -0.25) is 10.1 Å². The second-order valence-corrected chi connectivity index (χ2v) is 6.73. The van der Waals surface area contributed by atoms with Gasteiger partial charge in [0.05, 0.1) is 10.6 Å². The number of thioether (sulfide) groups is 1. The molecule has 12 heteroatoms. The third-order valence-electron chi connectivity index (χ3n) is 2.59. The van der Waals surface area contributed by atoms with Crippen molar-refractivity contribution in [3.05, 3.63) is 38.5 Å². The summed E-state index contributed by atoms with van der Waals surface area (Å²) in [5, 5.41) is 16.4. The third-order valence-corrected chi connectivity index (χ3v) is 4.58. The van der Waals surface area contributed by atoms with Crippen molar-refractivity contribution in [1.82, 2.24) is 9.97 Å². The lowest BCUT2D eigenvalue weighted by molar-refractivity contribution is -0.384. The van der Waals surface area contributed by atoms with Gasteiger partial charge in [-0.2, -0.15) is 16.8 Å². The zero-order valence-electron chi connectivity index (χ0n) is 12.3. The fraction of sp³-hybridized carbons (Fsp3) is 0.250. The summed E-state index contributed by atoms with van der Waals surface area (Å²) < 4.78 is 0. The van der Waals surface area contributed by atoms with Gasteiger partial charge in [0.15, 0.2) is 5.96 Å². The van der Waals surface area contributed by atoms with Crippen LogP contribution in [-0.4, -0.2) is 33.1 Å². The van der Waals surface area contributed by atoms with Crippen LogP contribution in [0.2, 0.25) is 5.15 Å². The predicted molar refractivity (Wildman–Crippen MR) is 98.1 cm³/mol. The Hall–Kier alpha value is -2.11. The van der Waals surface area contributed by atoms with Crippen LogP contribution in [0, 0.1) is 10.1 Å². The van der Waals surface area contributed by atoms with E-state index in [0.717, 1.165) is 5.69 Å². The highest BCUT2D eigenvalue weighted by atomic mass is 35.5. The smallest absolute Gasteiger partial charge is 0.311 e. The highest BCUT2D eigenvalue weighted by Crippen LogP contribution is 2.24. The number of halogens is 1. The van der Waals surface area contributed by atoms with E-state index in [2.05, 4.69) is 20.3 Å². The molecule has 2 aromatic rings. The number of aromatic nitrogens is 2. The summed E-state index contributed by atoms with van der Waals surface area (Å²) in [5.41, 5.74) is 11.3. The number of thiazole rings is 1. The number of nitrogens with one attached hydrogen (secondary N) is 1. The summed E-state index contributed by atoms with van der Waals surface area (Å²) in [4.78, 5) is 22.5. The lowest BCUT2D eigenvalue weighted by Gasteiger charge is -2.06. The topological polar surface area (TPSA) is 145 Å². The van der Waals surface area contributed by atoms with Gasteiger partial charge in [0.2, 0.25) is 10.9 Å². The van der Waals surface area contributed by atoms with E-state index in [4.69, 9.17) is 23.1 Å². The molecule has 0 saturated carbocycles. The van der Waals surface area contributed by atoms with Gasteiger partial charge in [-0.25, -0.2) is 9.97 Å². The minimum absolute atomic E-state index is 0.0247. The molecule has 0 radical (unpaired) electrons. The van der Waals surface area contributed by atoms with Crippen LogP contribution in [0.3, 0.4) is 0 Å². The number of nitrogens with zero attached hydrogens (tertiary/aromatic N) is 4. The molecule has 0 saturated heterocycles. The Labute approximate surface area is 150 Å². The average molecular weight is 388 g/mol. The molecule has 9 nitrogen and oxygen atoms in total. The van der Waals surface area contributed by atoms with Crippen molar-refractivity contribution >= 4 is 57.3 Å². The molecule has 0 spiro atoms. The van der Waals surface area contributed by atoms with Crippen LogP contribution in [0.15, 0.2) is 22.5 Å². The van der Waals surface area contributed by atoms with E-state index in [1.54, 1.807) is 11.8 Å². The van der Waals surface area contributed by atoms with E-state index in [1.807, 2.05) is 5.38 Å². The molecule has 0 aliphatic carbocycles. The maximum atomic E-state index is 10.9. The van der Waals surface area contributed by atoms with Crippen molar-refractivity contribution in [2.75, 3.05) is 17.6 Å². The number of aliphatic imine (C=N–C) groups is 1. The fourth-order valence-corrected chi connectivity index (χ4v) is 3.35. The second kappa shape index (κ2) is 8.66. The average Bonchev–Trinajstić information content (AvgIpc) is 2.93. The molecule has 0 amide bonds. The van der Waals surface area contributed by atoms with Gasteiger partial charge in [0, 0.05) is 29.5 Å². The van der Waals surface area contributed by atoms with E-state index < -0.39 is 4.92 Å². The fourth-order valence-electron chi connectivity index (χ4n) is 1.65. The molecule has 24 heavy (non-hydrogen) atoms. The molecule has 0 aromatic carbocycles. The molecule has 0 bridgehead atoms. The second-order valence-electron chi connectivity index (χ2n) is 4.40. The van der Waals surface area contributed by atoms with E-state index >= 15 is 0 Å². The molecule has 2 aromatic heterocycles. The predicted octanol–water partition coefficient (Wildman–Crippen LogP) is 2.35. The number of rotatable bonds is 8. The summed E-state index contributed by atoms with van der Waals surface area (Å²) in [6, 6.07) is 2.71. The molecular formula is C12H14ClN7O2S2. The van der Waals surface area contributed by atoms with Gasteiger partial charge >= 0.3 is 5.69 Å². The van der Waals surface area contributed by atoms with E-state index in [9.17, 15) is 10.1 Å². The first-order valence-corrected chi connectivity index (χ1v) is 9.03. The van der Waals surface area contributed by atoms with Gasteiger partial charge in [-0.1, -0.05) is 11.6 Å². The van der Waals surface area contributed by atoms with Crippen LogP contribution < -0.4 is 16.8 Å². The Balaban J connectivity index is 1.79. The van der Waals surface area contributed by atoms with Gasteiger partial charge in [-0.15, -0.1) is 11.3 Å². The van der Waals surface area contributed by atoms with Crippen LogP contribution in [0.25, 0.3) is 0 Å². The normalized spacial score (nSPS) is 10.4. The number of anilines is 1. The van der Waals surface area contributed by atoms with Gasteiger partial charge in [-0.05, 0) is 6.07 Å². The van der Waals surface area contributed by atoms with Crippen LogP contribution in [-0.2, 0) is 5.75 Å². The maximum Gasteiger partial charge on any atom is 0.311 e. The molecule has 5 N–H and O–H groups in total.